The molecule has 2 rings (SSSR count). The number of ether oxygens (including phenoxy) is 1. The second kappa shape index (κ2) is 5.45. The quantitative estimate of drug-likeness (QED) is 0.696. The molecule has 4 nitrogen and oxygen atoms in total. The van der Waals surface area contributed by atoms with Crippen LogP contribution in [0.25, 0.3) is 0 Å². The van der Waals surface area contributed by atoms with E-state index in [4.69, 9.17) is 4.74 Å². The molecule has 1 heterocycles. The first-order valence-corrected chi connectivity index (χ1v) is 6.36. The summed E-state index contributed by atoms with van der Waals surface area (Å²) >= 11 is 0. The number of aliphatic hydroxyl groups excluding tert-OH is 1. The van der Waals surface area contributed by atoms with Crippen molar-refractivity contribution in [3.05, 3.63) is 0 Å². The number of hydrogen-bond acceptors (Lipinski definition) is 4. The number of piperidine rings is 1. The summed E-state index contributed by atoms with van der Waals surface area (Å²) in [7, 11) is 3.76. The lowest BCUT2D eigenvalue weighted by Crippen LogP contribution is -2.47. The fourth-order valence-corrected chi connectivity index (χ4v) is 2.58. The van der Waals surface area contributed by atoms with Crippen molar-refractivity contribution in [3.63, 3.8) is 0 Å². The lowest BCUT2D eigenvalue weighted by molar-refractivity contribution is -0.100. The average molecular weight is 228 g/mol. The van der Waals surface area contributed by atoms with Crippen LogP contribution < -0.4 is 0 Å². The molecule has 2 aliphatic rings. The molecular weight excluding hydrogens is 204 g/mol. The zero-order valence-corrected chi connectivity index (χ0v) is 10.4. The molecule has 0 radical (unpaired) electrons. The first-order chi connectivity index (χ1) is 7.70. The zero-order valence-electron chi connectivity index (χ0n) is 10.4. The van der Waals surface area contributed by atoms with E-state index in [0.717, 1.165) is 0 Å². The average Bonchev–Trinajstić information content (AvgIpc) is 3.11. The Morgan fingerprint density at radius 3 is 2.31 bits per heavy atom. The molecule has 0 aromatic heterocycles. The molecule has 1 aliphatic carbocycles. The molecule has 1 N–H and O–H groups in total. The summed E-state index contributed by atoms with van der Waals surface area (Å²) in [6.07, 6.45) is 4.42. The minimum absolute atomic E-state index is 0.625. The molecule has 1 saturated carbocycles. The van der Waals surface area contributed by atoms with Gasteiger partial charge >= 0.3 is 0 Å². The van der Waals surface area contributed by atoms with Crippen molar-refractivity contribution in [3.8, 4) is 0 Å². The standard InChI is InChI=1S/C12H24N2O2/c1-13-7-5-11(6-8-13)14(10-3-4-10)9-12(15)16-2/h10-12,15H,3-9H2,1-2H3. The molecule has 94 valence electrons. The minimum Gasteiger partial charge on any atom is -0.367 e. The number of methoxy groups -OCH3 is 1. The lowest BCUT2D eigenvalue weighted by Gasteiger charge is -2.38. The summed E-state index contributed by atoms with van der Waals surface area (Å²) in [6.45, 7) is 3.03. The van der Waals surface area contributed by atoms with Crippen molar-refractivity contribution in [2.75, 3.05) is 33.8 Å². The summed E-state index contributed by atoms with van der Waals surface area (Å²) in [5.74, 6) is 0. The molecule has 1 unspecified atom stereocenters. The van der Waals surface area contributed by atoms with E-state index < -0.39 is 6.29 Å². The Bertz CT molecular complexity index is 213. The third-order valence-corrected chi connectivity index (χ3v) is 3.81. The van der Waals surface area contributed by atoms with Gasteiger partial charge in [-0.25, -0.2) is 0 Å². The van der Waals surface area contributed by atoms with Gasteiger partial charge in [-0.1, -0.05) is 0 Å². The molecule has 0 aromatic carbocycles. The first-order valence-electron chi connectivity index (χ1n) is 6.36. The molecule has 2 fully saturated rings. The molecule has 1 saturated heterocycles. The van der Waals surface area contributed by atoms with E-state index in [9.17, 15) is 5.11 Å². The van der Waals surface area contributed by atoms with Gasteiger partial charge < -0.3 is 14.7 Å². The van der Waals surface area contributed by atoms with Gasteiger partial charge in [0.15, 0.2) is 6.29 Å². The molecule has 0 bridgehead atoms. The highest BCUT2D eigenvalue weighted by Gasteiger charge is 2.35. The predicted octanol–water partition coefficient (Wildman–Crippen LogP) is 0.510. The summed E-state index contributed by atoms with van der Waals surface area (Å²) in [4.78, 5) is 4.86. The van der Waals surface area contributed by atoms with Crippen LogP contribution in [0.15, 0.2) is 0 Å². The first kappa shape index (κ1) is 12.3. The van der Waals surface area contributed by atoms with Crippen molar-refractivity contribution < 1.29 is 9.84 Å². The summed E-state index contributed by atoms with van der Waals surface area (Å²) < 4.78 is 4.97. The van der Waals surface area contributed by atoms with Crippen LogP contribution in [0.5, 0.6) is 0 Å². The van der Waals surface area contributed by atoms with Crippen molar-refractivity contribution in [1.82, 2.24) is 9.80 Å². The smallest absolute Gasteiger partial charge is 0.166 e. The summed E-state index contributed by atoms with van der Waals surface area (Å²) in [5, 5.41) is 9.61. The van der Waals surface area contributed by atoms with Crippen LogP contribution in [0.1, 0.15) is 25.7 Å². The second-order valence-electron chi connectivity index (χ2n) is 5.15. The van der Waals surface area contributed by atoms with Gasteiger partial charge in [-0.05, 0) is 45.8 Å². The molecule has 16 heavy (non-hydrogen) atoms. The minimum atomic E-state index is -0.625. The van der Waals surface area contributed by atoms with Gasteiger partial charge in [0.25, 0.3) is 0 Å². The van der Waals surface area contributed by atoms with Gasteiger partial charge in [0, 0.05) is 25.7 Å². The van der Waals surface area contributed by atoms with Crippen molar-refractivity contribution >= 4 is 0 Å². The van der Waals surface area contributed by atoms with Crippen LogP contribution in [-0.2, 0) is 4.74 Å². The van der Waals surface area contributed by atoms with Crippen molar-refractivity contribution in [2.24, 2.45) is 0 Å². The van der Waals surface area contributed by atoms with Gasteiger partial charge in [-0.3, -0.25) is 4.90 Å². The lowest BCUT2D eigenvalue weighted by atomic mass is 10.0. The number of aliphatic hydroxyl groups is 1. The molecule has 0 amide bonds. The highest BCUT2D eigenvalue weighted by Crippen LogP contribution is 2.31. The largest absolute Gasteiger partial charge is 0.367 e. The van der Waals surface area contributed by atoms with Gasteiger partial charge in [-0.2, -0.15) is 0 Å². The summed E-state index contributed by atoms with van der Waals surface area (Å²) in [6, 6.07) is 1.35. The van der Waals surface area contributed by atoms with Crippen molar-refractivity contribution in [1.29, 1.82) is 0 Å². The molecule has 4 heteroatoms. The normalized spacial score (nSPS) is 26.2. The highest BCUT2D eigenvalue weighted by molar-refractivity contribution is 4.90. The zero-order chi connectivity index (χ0) is 11.5. The van der Waals surface area contributed by atoms with Crippen LogP contribution in [0, 0.1) is 0 Å². The molecule has 1 atom stereocenters. The van der Waals surface area contributed by atoms with Gasteiger partial charge in [0.1, 0.15) is 0 Å². The van der Waals surface area contributed by atoms with Crippen LogP contribution in [0.3, 0.4) is 0 Å². The predicted molar refractivity (Wildman–Crippen MR) is 63.3 cm³/mol. The monoisotopic (exact) mass is 228 g/mol. The molecule has 0 aromatic rings. The van der Waals surface area contributed by atoms with E-state index in [-0.39, 0.29) is 0 Å². The van der Waals surface area contributed by atoms with Gasteiger partial charge in [0.2, 0.25) is 0 Å². The SMILES string of the molecule is COC(O)CN(C1CC1)C1CCN(C)CC1. The Balaban J connectivity index is 1.86. The molecule has 0 spiro atoms. The number of hydrogen-bond donors (Lipinski definition) is 1. The summed E-state index contributed by atoms with van der Waals surface area (Å²) in [5.41, 5.74) is 0. The van der Waals surface area contributed by atoms with Crippen molar-refractivity contribution in [2.45, 2.75) is 44.1 Å². The van der Waals surface area contributed by atoms with E-state index in [2.05, 4.69) is 16.8 Å². The van der Waals surface area contributed by atoms with Crippen LogP contribution in [0.2, 0.25) is 0 Å². The molecular formula is C12H24N2O2. The fraction of sp³-hybridized carbons (Fsp3) is 1.00. The maximum absolute atomic E-state index is 9.61. The number of nitrogens with zero attached hydrogens (tertiary/aromatic N) is 2. The van der Waals surface area contributed by atoms with E-state index in [0.29, 0.717) is 18.6 Å². The van der Waals surface area contributed by atoms with E-state index in [1.807, 2.05) is 0 Å². The third-order valence-electron chi connectivity index (χ3n) is 3.81. The second-order valence-corrected chi connectivity index (χ2v) is 5.15. The number of rotatable bonds is 5. The maximum Gasteiger partial charge on any atom is 0.166 e. The van der Waals surface area contributed by atoms with Gasteiger partial charge in [0.05, 0.1) is 0 Å². The Morgan fingerprint density at radius 1 is 1.25 bits per heavy atom. The van der Waals surface area contributed by atoms with E-state index in [1.54, 1.807) is 7.11 Å². The topological polar surface area (TPSA) is 35.9 Å². The van der Waals surface area contributed by atoms with Gasteiger partial charge in [-0.15, -0.1) is 0 Å². The molecule has 1 aliphatic heterocycles. The Morgan fingerprint density at radius 2 is 1.81 bits per heavy atom. The maximum atomic E-state index is 9.61. The van der Waals surface area contributed by atoms with Crippen LogP contribution in [0.4, 0.5) is 0 Å². The number of likely N-dealkylation sites (tertiary alicyclic amines) is 1. The van der Waals surface area contributed by atoms with Crippen LogP contribution >= 0.6 is 0 Å². The van der Waals surface area contributed by atoms with E-state index in [1.165, 1.54) is 38.8 Å². The van der Waals surface area contributed by atoms with E-state index >= 15 is 0 Å². The van der Waals surface area contributed by atoms with Crippen LogP contribution in [-0.4, -0.2) is 67.1 Å². The Hall–Kier alpha value is -0.160. The Kier molecular flexibility index (Phi) is 4.19. The third kappa shape index (κ3) is 3.17. The Labute approximate surface area is 98.2 Å². The fourth-order valence-electron chi connectivity index (χ4n) is 2.58. The highest BCUT2D eigenvalue weighted by atomic mass is 16.6.